The summed E-state index contributed by atoms with van der Waals surface area (Å²) in [5, 5.41) is 8.51. The zero-order valence-corrected chi connectivity index (χ0v) is 13.2. The third-order valence-electron chi connectivity index (χ3n) is 4.34. The molecule has 22 heavy (non-hydrogen) atoms. The quantitative estimate of drug-likeness (QED) is 0.799. The molecule has 0 amide bonds. The van der Waals surface area contributed by atoms with E-state index in [1.165, 1.54) is 30.5 Å². The van der Waals surface area contributed by atoms with Crippen molar-refractivity contribution < 1.29 is 4.74 Å². The summed E-state index contributed by atoms with van der Waals surface area (Å²) < 4.78 is 7.80. The van der Waals surface area contributed by atoms with E-state index in [1.807, 2.05) is 16.8 Å². The van der Waals surface area contributed by atoms with Gasteiger partial charge in [-0.2, -0.15) is 0 Å². The molecule has 0 bridgehead atoms. The molecule has 0 aliphatic heterocycles. The number of ether oxygens (including phenoxy) is 1. The summed E-state index contributed by atoms with van der Waals surface area (Å²) in [4.78, 5) is 0. The van der Waals surface area contributed by atoms with Crippen molar-refractivity contribution in [3.63, 3.8) is 0 Å². The van der Waals surface area contributed by atoms with Gasteiger partial charge in [-0.1, -0.05) is 29.3 Å². The van der Waals surface area contributed by atoms with Gasteiger partial charge >= 0.3 is 0 Å². The van der Waals surface area contributed by atoms with E-state index in [0.717, 1.165) is 24.4 Å². The van der Waals surface area contributed by atoms with Crippen LogP contribution < -0.4 is 10.5 Å². The molecular formula is C17H24N4O. The summed E-state index contributed by atoms with van der Waals surface area (Å²) in [5.41, 5.74) is 9.24. The Bertz CT molecular complexity index is 602. The zero-order chi connectivity index (χ0) is 15.4. The minimum Gasteiger partial charge on any atom is -0.494 e. The minimum absolute atomic E-state index is 0.478. The van der Waals surface area contributed by atoms with Gasteiger partial charge in [-0.15, -0.1) is 5.10 Å². The lowest BCUT2D eigenvalue weighted by atomic mass is 9.82. The first-order valence-electron chi connectivity index (χ1n) is 8.09. The van der Waals surface area contributed by atoms with E-state index in [0.29, 0.717) is 19.1 Å². The third-order valence-corrected chi connectivity index (χ3v) is 4.34. The SMILES string of the molecule is Cc1ccc(OCCCn2nnc(CN)c2C2CCC2)cc1. The van der Waals surface area contributed by atoms with E-state index in [1.54, 1.807) is 0 Å². The molecule has 3 rings (SSSR count). The summed E-state index contributed by atoms with van der Waals surface area (Å²) >= 11 is 0. The van der Waals surface area contributed by atoms with Crippen molar-refractivity contribution in [1.82, 2.24) is 15.0 Å². The number of aryl methyl sites for hydroxylation is 2. The van der Waals surface area contributed by atoms with Crippen molar-refractivity contribution in [3.8, 4) is 5.75 Å². The average molecular weight is 300 g/mol. The van der Waals surface area contributed by atoms with Crippen LogP contribution in [-0.4, -0.2) is 21.6 Å². The minimum atomic E-state index is 0.478. The second kappa shape index (κ2) is 6.92. The van der Waals surface area contributed by atoms with Crippen LogP contribution in [0.25, 0.3) is 0 Å². The average Bonchev–Trinajstić information content (AvgIpc) is 2.87. The third kappa shape index (κ3) is 3.30. The van der Waals surface area contributed by atoms with E-state index in [4.69, 9.17) is 10.5 Å². The van der Waals surface area contributed by atoms with E-state index in [2.05, 4.69) is 29.4 Å². The van der Waals surface area contributed by atoms with Crippen LogP contribution in [0.15, 0.2) is 24.3 Å². The second-order valence-corrected chi connectivity index (χ2v) is 5.99. The molecule has 118 valence electrons. The highest BCUT2D eigenvalue weighted by Crippen LogP contribution is 2.37. The lowest BCUT2D eigenvalue weighted by Crippen LogP contribution is -2.18. The fourth-order valence-electron chi connectivity index (χ4n) is 2.83. The molecule has 1 heterocycles. The Morgan fingerprint density at radius 1 is 1.27 bits per heavy atom. The fraction of sp³-hybridized carbons (Fsp3) is 0.529. The highest BCUT2D eigenvalue weighted by Gasteiger charge is 2.26. The van der Waals surface area contributed by atoms with Gasteiger partial charge in [0.15, 0.2) is 0 Å². The Balaban J connectivity index is 1.53. The van der Waals surface area contributed by atoms with Crippen molar-refractivity contribution in [2.45, 2.75) is 51.6 Å². The Hall–Kier alpha value is -1.88. The number of nitrogens with zero attached hydrogens (tertiary/aromatic N) is 3. The standard InChI is InChI=1S/C17H24N4O/c1-13-6-8-15(9-7-13)22-11-3-10-21-17(14-4-2-5-14)16(12-18)19-20-21/h6-9,14H,2-5,10-12,18H2,1H3. The molecular weight excluding hydrogens is 276 g/mol. The van der Waals surface area contributed by atoms with Crippen molar-refractivity contribution in [3.05, 3.63) is 41.2 Å². The molecule has 0 radical (unpaired) electrons. The molecule has 1 aromatic heterocycles. The highest BCUT2D eigenvalue weighted by atomic mass is 16.5. The Kier molecular flexibility index (Phi) is 4.73. The van der Waals surface area contributed by atoms with Crippen LogP contribution in [0.4, 0.5) is 0 Å². The first-order chi connectivity index (χ1) is 10.8. The van der Waals surface area contributed by atoms with Crippen molar-refractivity contribution in [2.75, 3.05) is 6.61 Å². The lowest BCUT2D eigenvalue weighted by molar-refractivity contribution is 0.293. The highest BCUT2D eigenvalue weighted by molar-refractivity contribution is 5.26. The first-order valence-corrected chi connectivity index (χ1v) is 8.09. The molecule has 1 saturated carbocycles. The van der Waals surface area contributed by atoms with Crippen LogP contribution in [-0.2, 0) is 13.1 Å². The predicted molar refractivity (Wildman–Crippen MR) is 85.8 cm³/mol. The van der Waals surface area contributed by atoms with Crippen molar-refractivity contribution >= 4 is 0 Å². The number of hydrogen-bond donors (Lipinski definition) is 1. The summed E-state index contributed by atoms with van der Waals surface area (Å²) in [7, 11) is 0. The van der Waals surface area contributed by atoms with Crippen LogP contribution >= 0.6 is 0 Å². The van der Waals surface area contributed by atoms with Gasteiger partial charge in [-0.25, -0.2) is 4.68 Å². The van der Waals surface area contributed by atoms with Gasteiger partial charge in [0.25, 0.3) is 0 Å². The lowest BCUT2D eigenvalue weighted by Gasteiger charge is -2.26. The maximum atomic E-state index is 5.78. The van der Waals surface area contributed by atoms with Crippen molar-refractivity contribution in [2.24, 2.45) is 5.73 Å². The monoisotopic (exact) mass is 300 g/mol. The number of aromatic nitrogens is 3. The smallest absolute Gasteiger partial charge is 0.119 e. The summed E-state index contributed by atoms with van der Waals surface area (Å²) in [6.45, 7) is 4.08. The van der Waals surface area contributed by atoms with Crippen LogP contribution in [0, 0.1) is 6.92 Å². The van der Waals surface area contributed by atoms with Gasteiger partial charge in [0.2, 0.25) is 0 Å². The molecule has 1 fully saturated rings. The topological polar surface area (TPSA) is 66.0 Å². The number of hydrogen-bond acceptors (Lipinski definition) is 4. The Morgan fingerprint density at radius 2 is 2.05 bits per heavy atom. The van der Waals surface area contributed by atoms with Crippen LogP contribution in [0.5, 0.6) is 5.75 Å². The molecule has 5 heteroatoms. The largest absolute Gasteiger partial charge is 0.494 e. The van der Waals surface area contributed by atoms with Gasteiger partial charge in [-0.05, 0) is 31.9 Å². The molecule has 1 aliphatic carbocycles. The molecule has 0 unspecified atom stereocenters. The molecule has 1 aliphatic rings. The molecule has 0 atom stereocenters. The van der Waals surface area contributed by atoms with E-state index in [9.17, 15) is 0 Å². The maximum Gasteiger partial charge on any atom is 0.119 e. The van der Waals surface area contributed by atoms with Crippen LogP contribution in [0.1, 0.15) is 48.6 Å². The second-order valence-electron chi connectivity index (χ2n) is 5.99. The number of nitrogens with two attached hydrogens (primary N) is 1. The Morgan fingerprint density at radius 3 is 2.68 bits per heavy atom. The molecule has 2 N–H and O–H groups in total. The molecule has 0 spiro atoms. The van der Waals surface area contributed by atoms with E-state index < -0.39 is 0 Å². The molecule has 5 nitrogen and oxygen atoms in total. The van der Waals surface area contributed by atoms with Crippen molar-refractivity contribution in [1.29, 1.82) is 0 Å². The van der Waals surface area contributed by atoms with Gasteiger partial charge in [-0.3, -0.25) is 0 Å². The maximum absolute atomic E-state index is 5.78. The van der Waals surface area contributed by atoms with Gasteiger partial charge in [0, 0.05) is 25.4 Å². The fourth-order valence-corrected chi connectivity index (χ4v) is 2.83. The molecule has 0 saturated heterocycles. The normalized spacial score (nSPS) is 14.8. The summed E-state index contributed by atoms with van der Waals surface area (Å²) in [6, 6.07) is 8.15. The first kappa shape index (κ1) is 15.0. The number of rotatable bonds is 7. The number of benzene rings is 1. The predicted octanol–water partition coefficient (Wildman–Crippen LogP) is 2.78. The summed E-state index contributed by atoms with van der Waals surface area (Å²) in [5.74, 6) is 1.53. The summed E-state index contributed by atoms with van der Waals surface area (Å²) in [6.07, 6.45) is 4.69. The molecule has 2 aromatic rings. The molecule has 1 aromatic carbocycles. The van der Waals surface area contributed by atoms with Crippen LogP contribution in [0.3, 0.4) is 0 Å². The van der Waals surface area contributed by atoms with E-state index in [-0.39, 0.29) is 0 Å². The Labute approximate surface area is 131 Å². The van der Waals surface area contributed by atoms with Gasteiger partial charge in [0.05, 0.1) is 18.0 Å². The van der Waals surface area contributed by atoms with Crippen LogP contribution in [0.2, 0.25) is 0 Å². The van der Waals surface area contributed by atoms with E-state index >= 15 is 0 Å². The van der Waals surface area contributed by atoms with Gasteiger partial charge in [0.1, 0.15) is 5.75 Å². The zero-order valence-electron chi connectivity index (χ0n) is 13.2. The van der Waals surface area contributed by atoms with Gasteiger partial charge < -0.3 is 10.5 Å².